The molecule has 0 spiro atoms. The lowest BCUT2D eigenvalue weighted by Gasteiger charge is -2.40. The second-order valence-electron chi connectivity index (χ2n) is 7.60. The van der Waals surface area contributed by atoms with Gasteiger partial charge >= 0.3 is 0 Å². The summed E-state index contributed by atoms with van der Waals surface area (Å²) in [6.07, 6.45) is 4.16. The number of aliphatic hydroxyl groups is 1. The minimum absolute atomic E-state index is 0.153. The molecule has 3 N–H and O–H groups in total. The van der Waals surface area contributed by atoms with E-state index in [1.807, 2.05) is 0 Å². The SMILES string of the molecule is Cc1nc(CCNc2ncc(C#N)c(N[C@@H]3CC[C@H](O)C(C)(C)C3)n2)no1. The fourth-order valence-corrected chi connectivity index (χ4v) is 3.33. The van der Waals surface area contributed by atoms with Crippen molar-refractivity contribution in [2.45, 2.75) is 58.6 Å². The van der Waals surface area contributed by atoms with Crippen LogP contribution in [0.4, 0.5) is 11.8 Å². The van der Waals surface area contributed by atoms with E-state index in [0.717, 1.165) is 19.3 Å². The standard InChI is InChI=1S/C18H25N7O2/c1-11-22-15(25-27-11)6-7-20-17-21-10-12(9-19)16(24-17)23-13-4-5-14(26)18(2,3)8-13/h10,13-14,26H,4-8H2,1-3H3,(H2,20,21,23,24)/t13-,14+/m1/s1. The second kappa shape index (κ2) is 7.88. The number of nitrogens with one attached hydrogen (secondary N) is 2. The summed E-state index contributed by atoms with van der Waals surface area (Å²) in [7, 11) is 0. The van der Waals surface area contributed by atoms with Crippen LogP contribution in [-0.2, 0) is 6.42 Å². The van der Waals surface area contributed by atoms with Gasteiger partial charge in [0.1, 0.15) is 17.5 Å². The predicted molar refractivity (Wildman–Crippen MR) is 99.0 cm³/mol. The molecule has 2 aromatic heterocycles. The van der Waals surface area contributed by atoms with Gasteiger partial charge in [0.2, 0.25) is 11.8 Å². The summed E-state index contributed by atoms with van der Waals surface area (Å²) >= 11 is 0. The molecule has 0 saturated heterocycles. The highest BCUT2D eigenvalue weighted by atomic mass is 16.5. The highest BCUT2D eigenvalue weighted by Crippen LogP contribution is 2.36. The number of aromatic nitrogens is 4. The molecule has 0 radical (unpaired) electrons. The number of aryl methyl sites for hydroxylation is 1. The molecule has 0 aliphatic heterocycles. The van der Waals surface area contributed by atoms with E-state index in [-0.39, 0.29) is 17.6 Å². The molecule has 2 aromatic rings. The van der Waals surface area contributed by atoms with E-state index in [1.165, 1.54) is 6.20 Å². The third-order valence-electron chi connectivity index (χ3n) is 4.91. The van der Waals surface area contributed by atoms with Gasteiger partial charge in [-0.3, -0.25) is 0 Å². The van der Waals surface area contributed by atoms with E-state index in [0.29, 0.717) is 42.0 Å². The minimum Gasteiger partial charge on any atom is -0.393 e. The first-order valence-electron chi connectivity index (χ1n) is 9.12. The maximum absolute atomic E-state index is 10.1. The average molecular weight is 371 g/mol. The maximum Gasteiger partial charge on any atom is 0.224 e. The molecule has 9 heteroatoms. The van der Waals surface area contributed by atoms with Crippen LogP contribution < -0.4 is 10.6 Å². The first-order valence-corrected chi connectivity index (χ1v) is 9.12. The average Bonchev–Trinajstić information content (AvgIpc) is 3.03. The van der Waals surface area contributed by atoms with E-state index in [1.54, 1.807) is 6.92 Å². The van der Waals surface area contributed by atoms with Crippen LogP contribution in [-0.4, -0.2) is 43.9 Å². The lowest BCUT2D eigenvalue weighted by molar-refractivity contribution is 0.00926. The minimum atomic E-state index is -0.303. The van der Waals surface area contributed by atoms with Gasteiger partial charge in [-0.1, -0.05) is 19.0 Å². The van der Waals surface area contributed by atoms with Gasteiger partial charge in [-0.25, -0.2) is 4.98 Å². The summed E-state index contributed by atoms with van der Waals surface area (Å²) in [6, 6.07) is 2.28. The van der Waals surface area contributed by atoms with Crippen molar-refractivity contribution < 1.29 is 9.63 Å². The molecule has 0 bridgehead atoms. The molecule has 27 heavy (non-hydrogen) atoms. The number of nitrogens with zero attached hydrogens (tertiary/aromatic N) is 5. The third kappa shape index (κ3) is 4.71. The zero-order valence-corrected chi connectivity index (χ0v) is 15.9. The van der Waals surface area contributed by atoms with Crippen molar-refractivity contribution in [2.24, 2.45) is 5.41 Å². The molecule has 0 amide bonds. The molecule has 1 aliphatic carbocycles. The molecule has 9 nitrogen and oxygen atoms in total. The Bertz CT molecular complexity index is 827. The Morgan fingerprint density at radius 3 is 2.85 bits per heavy atom. The number of anilines is 2. The number of nitriles is 1. The molecule has 2 atom stereocenters. The second-order valence-corrected chi connectivity index (χ2v) is 7.60. The van der Waals surface area contributed by atoms with E-state index in [4.69, 9.17) is 4.52 Å². The van der Waals surface area contributed by atoms with Gasteiger partial charge in [-0.15, -0.1) is 0 Å². The molecule has 0 unspecified atom stereocenters. The van der Waals surface area contributed by atoms with Gasteiger partial charge in [0, 0.05) is 25.9 Å². The monoisotopic (exact) mass is 371 g/mol. The van der Waals surface area contributed by atoms with Crippen molar-refractivity contribution in [3.05, 3.63) is 23.5 Å². The molecule has 144 valence electrons. The van der Waals surface area contributed by atoms with Gasteiger partial charge in [-0.2, -0.15) is 15.2 Å². The molecular formula is C18H25N7O2. The Hall–Kier alpha value is -2.73. The highest BCUT2D eigenvalue weighted by molar-refractivity contribution is 5.54. The van der Waals surface area contributed by atoms with Gasteiger partial charge in [-0.05, 0) is 24.7 Å². The van der Waals surface area contributed by atoms with Crippen LogP contribution in [0.15, 0.2) is 10.7 Å². The quantitative estimate of drug-likeness (QED) is 0.697. The summed E-state index contributed by atoms with van der Waals surface area (Å²) in [5, 5.41) is 29.8. The summed E-state index contributed by atoms with van der Waals surface area (Å²) in [6.45, 7) is 6.41. The zero-order chi connectivity index (χ0) is 19.4. The Balaban J connectivity index is 1.64. The molecule has 0 aromatic carbocycles. The number of rotatable bonds is 6. The molecule has 2 heterocycles. The first-order chi connectivity index (χ1) is 12.9. The normalized spacial score (nSPS) is 21.4. The summed E-state index contributed by atoms with van der Waals surface area (Å²) in [4.78, 5) is 12.8. The van der Waals surface area contributed by atoms with E-state index in [9.17, 15) is 10.4 Å². The van der Waals surface area contributed by atoms with Gasteiger partial charge in [0.25, 0.3) is 0 Å². The van der Waals surface area contributed by atoms with Gasteiger partial charge in [0.05, 0.1) is 12.3 Å². The molecule has 1 aliphatic rings. The lowest BCUT2D eigenvalue weighted by atomic mass is 9.73. The molecule has 1 saturated carbocycles. The zero-order valence-electron chi connectivity index (χ0n) is 15.9. The van der Waals surface area contributed by atoms with Crippen molar-refractivity contribution >= 4 is 11.8 Å². The fourth-order valence-electron chi connectivity index (χ4n) is 3.33. The maximum atomic E-state index is 10.1. The predicted octanol–water partition coefficient (Wildman–Crippen LogP) is 2.05. The van der Waals surface area contributed by atoms with Crippen LogP contribution in [0.1, 0.15) is 50.4 Å². The van der Waals surface area contributed by atoms with Crippen LogP contribution in [0.3, 0.4) is 0 Å². The van der Waals surface area contributed by atoms with Crippen molar-refractivity contribution in [3.63, 3.8) is 0 Å². The van der Waals surface area contributed by atoms with E-state index >= 15 is 0 Å². The number of hydrogen-bond acceptors (Lipinski definition) is 9. The number of hydrogen-bond donors (Lipinski definition) is 3. The van der Waals surface area contributed by atoms with Crippen LogP contribution in [0.5, 0.6) is 0 Å². The summed E-state index contributed by atoms with van der Waals surface area (Å²) < 4.78 is 4.94. The Morgan fingerprint density at radius 2 is 2.19 bits per heavy atom. The third-order valence-corrected chi connectivity index (χ3v) is 4.91. The smallest absolute Gasteiger partial charge is 0.224 e. The lowest BCUT2D eigenvalue weighted by Crippen LogP contribution is -2.41. The van der Waals surface area contributed by atoms with Crippen LogP contribution >= 0.6 is 0 Å². The van der Waals surface area contributed by atoms with Crippen LogP contribution in [0.2, 0.25) is 0 Å². The van der Waals surface area contributed by atoms with Crippen LogP contribution in [0.25, 0.3) is 0 Å². The fraction of sp³-hybridized carbons (Fsp3) is 0.611. The van der Waals surface area contributed by atoms with Gasteiger partial charge in [0.15, 0.2) is 5.82 Å². The molecule has 3 rings (SSSR count). The van der Waals surface area contributed by atoms with E-state index < -0.39 is 0 Å². The summed E-state index contributed by atoms with van der Waals surface area (Å²) in [5.74, 6) is 2.11. The number of aliphatic hydroxyl groups excluding tert-OH is 1. The van der Waals surface area contributed by atoms with E-state index in [2.05, 4.69) is 50.7 Å². The van der Waals surface area contributed by atoms with Crippen molar-refractivity contribution in [1.29, 1.82) is 5.26 Å². The van der Waals surface area contributed by atoms with Crippen molar-refractivity contribution in [2.75, 3.05) is 17.2 Å². The molecule has 1 fully saturated rings. The Labute approximate surface area is 158 Å². The van der Waals surface area contributed by atoms with Crippen molar-refractivity contribution in [1.82, 2.24) is 20.1 Å². The van der Waals surface area contributed by atoms with Crippen LogP contribution in [0, 0.1) is 23.7 Å². The largest absolute Gasteiger partial charge is 0.393 e. The molecular weight excluding hydrogens is 346 g/mol. The first kappa shape index (κ1) is 19.0. The topological polar surface area (TPSA) is 133 Å². The Morgan fingerprint density at radius 1 is 1.37 bits per heavy atom. The Kier molecular flexibility index (Phi) is 5.56. The van der Waals surface area contributed by atoms with Gasteiger partial charge < -0.3 is 20.3 Å². The van der Waals surface area contributed by atoms with Crippen molar-refractivity contribution in [3.8, 4) is 6.07 Å². The summed E-state index contributed by atoms with van der Waals surface area (Å²) in [5.41, 5.74) is 0.234. The highest BCUT2D eigenvalue weighted by Gasteiger charge is 2.35.